The molecule has 0 spiro atoms. The molecule has 0 saturated carbocycles. The molecule has 1 aromatic rings. The number of hydrogen-bond acceptors (Lipinski definition) is 6. The van der Waals surface area contributed by atoms with Gasteiger partial charge >= 0.3 is 6.03 Å². The smallest absolute Gasteiger partial charge is 0.267 e. The molecular formula is C19H33N5O2S. The highest BCUT2D eigenvalue weighted by Crippen LogP contribution is 2.50. The van der Waals surface area contributed by atoms with E-state index < -0.39 is 10.8 Å². The van der Waals surface area contributed by atoms with Gasteiger partial charge in [-0.2, -0.15) is 5.26 Å². The molecule has 0 radical (unpaired) electrons. The zero-order chi connectivity index (χ0) is 20.8. The zero-order valence-corrected chi connectivity index (χ0v) is 18.7. The second-order valence-electron chi connectivity index (χ2n) is 7.15. The van der Waals surface area contributed by atoms with Gasteiger partial charge in [-0.05, 0) is 40.0 Å². The van der Waals surface area contributed by atoms with Gasteiger partial charge in [-0.3, -0.25) is 9.74 Å². The molecule has 0 aliphatic carbocycles. The number of aromatic nitrogens is 2. The molecule has 0 fully saturated rings. The molecule has 0 saturated heterocycles. The Morgan fingerprint density at radius 3 is 2.22 bits per heavy atom. The van der Waals surface area contributed by atoms with E-state index in [1.165, 1.54) is 16.4 Å². The summed E-state index contributed by atoms with van der Waals surface area (Å²) in [5, 5.41) is 21.2. The number of nitrogens with zero attached hydrogens (tertiary/aromatic N) is 5. The Morgan fingerprint density at radius 1 is 1.22 bits per heavy atom. The molecule has 27 heavy (non-hydrogen) atoms. The summed E-state index contributed by atoms with van der Waals surface area (Å²) in [4.78, 5) is 19.7. The Morgan fingerprint density at radius 2 is 1.81 bits per heavy atom. The van der Waals surface area contributed by atoms with Crippen LogP contribution in [0.2, 0.25) is 0 Å². The van der Waals surface area contributed by atoms with Crippen LogP contribution in [0.15, 0.2) is 0 Å². The number of hydrogen-bond donors (Lipinski definition) is 0. The lowest BCUT2D eigenvalue weighted by atomic mass is 9.61. The molecule has 1 heterocycles. The first-order valence-electron chi connectivity index (χ1n) is 9.63. The molecule has 0 N–H and O–H groups in total. The van der Waals surface area contributed by atoms with E-state index in [0.29, 0.717) is 11.7 Å². The number of rotatable bonds is 9. The summed E-state index contributed by atoms with van der Waals surface area (Å²) in [6.07, 6.45) is 2.14. The third kappa shape index (κ3) is 4.41. The van der Waals surface area contributed by atoms with Gasteiger partial charge in [0.15, 0.2) is 0 Å². The third-order valence-electron chi connectivity index (χ3n) is 5.49. The average Bonchev–Trinajstić information content (AvgIpc) is 3.13. The normalized spacial score (nSPS) is 13.9. The Kier molecular flexibility index (Phi) is 8.18. The van der Waals surface area contributed by atoms with Crippen LogP contribution in [-0.4, -0.2) is 41.0 Å². The van der Waals surface area contributed by atoms with E-state index in [4.69, 9.17) is 4.84 Å². The van der Waals surface area contributed by atoms with Crippen LogP contribution in [0.4, 0.5) is 9.93 Å². The predicted molar refractivity (Wildman–Crippen MR) is 109 cm³/mol. The van der Waals surface area contributed by atoms with E-state index in [-0.39, 0.29) is 12.1 Å². The molecule has 8 heteroatoms. The first-order valence-corrected chi connectivity index (χ1v) is 10.4. The highest BCUT2D eigenvalue weighted by molar-refractivity contribution is 7.15. The Balaban J connectivity index is 3.27. The first kappa shape index (κ1) is 23.3. The molecule has 7 nitrogen and oxygen atoms in total. The van der Waals surface area contributed by atoms with E-state index in [1.807, 2.05) is 34.6 Å². The monoisotopic (exact) mass is 395 g/mol. The molecule has 1 unspecified atom stereocenters. The Bertz CT molecular complexity index is 665. The van der Waals surface area contributed by atoms with Crippen molar-refractivity contribution in [1.82, 2.24) is 15.3 Å². The maximum Gasteiger partial charge on any atom is 0.349 e. The molecule has 0 bridgehead atoms. The van der Waals surface area contributed by atoms with Crippen molar-refractivity contribution in [3.8, 4) is 6.07 Å². The van der Waals surface area contributed by atoms with Crippen molar-refractivity contribution in [2.24, 2.45) is 5.41 Å². The van der Waals surface area contributed by atoms with E-state index in [0.717, 1.165) is 24.3 Å². The van der Waals surface area contributed by atoms with E-state index in [2.05, 4.69) is 30.1 Å². The van der Waals surface area contributed by atoms with Crippen LogP contribution in [0, 0.1) is 16.7 Å². The minimum absolute atomic E-state index is 0.101. The second kappa shape index (κ2) is 9.47. The number of nitriles is 1. The van der Waals surface area contributed by atoms with Gasteiger partial charge in [0.2, 0.25) is 5.13 Å². The van der Waals surface area contributed by atoms with Gasteiger partial charge < -0.3 is 0 Å². The van der Waals surface area contributed by atoms with Gasteiger partial charge in [-0.15, -0.1) is 10.2 Å². The fourth-order valence-corrected chi connectivity index (χ4v) is 4.66. The molecule has 2 amide bonds. The van der Waals surface area contributed by atoms with Gasteiger partial charge in [0, 0.05) is 19.0 Å². The molecule has 0 aliphatic heterocycles. The number of carbonyl (C=O) groups excluding carboxylic acids is 1. The summed E-state index contributed by atoms with van der Waals surface area (Å²) in [6.45, 7) is 14.3. The standard InChI is InChI=1S/C19H33N5O2S/c1-9-18(7,19(10-2,11-3)13-20)15-21-22-16(27-15)24(12-4)17(25)23(8)26-14(5)6/h14H,9-12H2,1-8H3. The van der Waals surface area contributed by atoms with Crippen LogP contribution >= 0.6 is 11.3 Å². The summed E-state index contributed by atoms with van der Waals surface area (Å²) in [7, 11) is 1.60. The van der Waals surface area contributed by atoms with Crippen molar-refractivity contribution >= 4 is 22.5 Å². The van der Waals surface area contributed by atoms with Crippen molar-refractivity contribution in [2.75, 3.05) is 18.5 Å². The SMILES string of the molecule is CCN(C(=O)N(C)OC(C)C)c1nnc(C(C)(CC)C(C#N)(CC)CC)s1. The van der Waals surface area contributed by atoms with E-state index in [9.17, 15) is 10.1 Å². The van der Waals surface area contributed by atoms with Crippen LogP contribution in [0.25, 0.3) is 0 Å². The maximum atomic E-state index is 12.7. The molecular weight excluding hydrogens is 362 g/mol. The lowest BCUT2D eigenvalue weighted by molar-refractivity contribution is -0.129. The van der Waals surface area contributed by atoms with Gasteiger partial charge in [-0.1, -0.05) is 39.0 Å². The Hall–Kier alpha value is -1.72. The summed E-state index contributed by atoms with van der Waals surface area (Å²) in [5.41, 5.74) is -0.943. The Labute approximate surface area is 167 Å². The highest BCUT2D eigenvalue weighted by Gasteiger charge is 2.48. The van der Waals surface area contributed by atoms with Crippen molar-refractivity contribution in [3.05, 3.63) is 5.01 Å². The number of hydroxylamine groups is 2. The predicted octanol–water partition coefficient (Wildman–Crippen LogP) is 4.75. The number of carbonyl (C=O) groups is 1. The van der Waals surface area contributed by atoms with Crippen LogP contribution in [0.5, 0.6) is 0 Å². The minimum Gasteiger partial charge on any atom is -0.267 e. The maximum absolute atomic E-state index is 12.7. The van der Waals surface area contributed by atoms with Gasteiger partial charge in [-0.25, -0.2) is 9.86 Å². The van der Waals surface area contributed by atoms with Crippen molar-refractivity contribution in [1.29, 1.82) is 5.26 Å². The van der Waals surface area contributed by atoms with E-state index >= 15 is 0 Å². The zero-order valence-electron chi connectivity index (χ0n) is 17.9. The van der Waals surface area contributed by atoms with Gasteiger partial charge in [0.05, 0.1) is 17.6 Å². The lowest BCUT2D eigenvalue weighted by Crippen LogP contribution is -2.42. The van der Waals surface area contributed by atoms with Crippen molar-refractivity contribution < 1.29 is 9.63 Å². The van der Waals surface area contributed by atoms with E-state index in [1.54, 1.807) is 11.9 Å². The third-order valence-corrected chi connectivity index (χ3v) is 6.70. The first-order chi connectivity index (χ1) is 12.7. The fourth-order valence-electron chi connectivity index (χ4n) is 3.44. The second-order valence-corrected chi connectivity index (χ2v) is 8.11. The summed E-state index contributed by atoms with van der Waals surface area (Å²) in [5.74, 6) is 0. The largest absolute Gasteiger partial charge is 0.349 e. The molecule has 1 atom stereocenters. The summed E-state index contributed by atoms with van der Waals surface area (Å²) >= 11 is 1.38. The van der Waals surface area contributed by atoms with Crippen molar-refractivity contribution in [2.45, 2.75) is 79.2 Å². The quantitative estimate of drug-likeness (QED) is 0.563. The van der Waals surface area contributed by atoms with Crippen LogP contribution in [0.1, 0.15) is 72.7 Å². The number of amides is 2. The van der Waals surface area contributed by atoms with Crippen LogP contribution in [0.3, 0.4) is 0 Å². The molecule has 0 aliphatic rings. The molecule has 152 valence electrons. The number of anilines is 1. The van der Waals surface area contributed by atoms with Crippen LogP contribution in [-0.2, 0) is 10.3 Å². The van der Waals surface area contributed by atoms with Crippen LogP contribution < -0.4 is 4.90 Å². The van der Waals surface area contributed by atoms with Crippen molar-refractivity contribution in [3.63, 3.8) is 0 Å². The number of urea groups is 1. The summed E-state index contributed by atoms with van der Waals surface area (Å²) in [6, 6.07) is 2.26. The average molecular weight is 396 g/mol. The van der Waals surface area contributed by atoms with Gasteiger partial charge in [0.1, 0.15) is 5.01 Å². The lowest BCUT2D eigenvalue weighted by Gasteiger charge is -2.41. The molecule has 1 aromatic heterocycles. The van der Waals surface area contributed by atoms with Gasteiger partial charge in [0.25, 0.3) is 0 Å². The minimum atomic E-state index is -0.517. The topological polar surface area (TPSA) is 82.3 Å². The molecule has 0 aromatic carbocycles. The summed E-state index contributed by atoms with van der Waals surface area (Å²) < 4.78 is 0. The highest BCUT2D eigenvalue weighted by atomic mass is 32.1. The fraction of sp³-hybridized carbons (Fsp3) is 0.789. The molecule has 1 rings (SSSR count).